The van der Waals surface area contributed by atoms with E-state index in [0.717, 1.165) is 37.2 Å². The summed E-state index contributed by atoms with van der Waals surface area (Å²) in [6, 6.07) is 17.5. The first-order valence-electron chi connectivity index (χ1n) is 9.55. The van der Waals surface area contributed by atoms with E-state index in [1.54, 1.807) is 0 Å². The number of ether oxygens (including phenoxy) is 2. The van der Waals surface area contributed by atoms with Crippen LogP contribution in [0.25, 0.3) is 0 Å². The molecular weight excluding hydrogens is 340 g/mol. The minimum absolute atomic E-state index is 0.0183. The Hall–Kier alpha value is -2.53. The van der Waals surface area contributed by atoms with Gasteiger partial charge >= 0.3 is 0 Å². The number of benzene rings is 2. The molecule has 1 aliphatic rings. The van der Waals surface area contributed by atoms with E-state index in [4.69, 9.17) is 15.2 Å². The number of nitrogens with two attached hydrogens (primary N) is 1. The van der Waals surface area contributed by atoms with Crippen LogP contribution in [0.3, 0.4) is 0 Å². The monoisotopic (exact) mass is 368 g/mol. The van der Waals surface area contributed by atoms with Crippen molar-refractivity contribution in [2.45, 2.75) is 32.4 Å². The van der Waals surface area contributed by atoms with Gasteiger partial charge in [-0.25, -0.2) is 0 Å². The molecule has 0 radical (unpaired) electrons. The van der Waals surface area contributed by atoms with Crippen molar-refractivity contribution in [3.05, 3.63) is 60.2 Å². The maximum Gasteiger partial charge on any atom is 0.260 e. The van der Waals surface area contributed by atoms with Gasteiger partial charge < -0.3 is 20.1 Å². The molecule has 1 fully saturated rings. The number of carbonyl (C=O) groups is 1. The van der Waals surface area contributed by atoms with Crippen LogP contribution in [-0.2, 0) is 11.4 Å². The van der Waals surface area contributed by atoms with E-state index in [9.17, 15) is 4.79 Å². The molecule has 1 saturated heterocycles. The SMILES string of the molecule is CC(N)C1CCCN(C(=O)COc2ccc(OCc3ccccc3)cc2)C1. The molecule has 144 valence electrons. The smallest absolute Gasteiger partial charge is 0.260 e. The summed E-state index contributed by atoms with van der Waals surface area (Å²) in [5.74, 6) is 1.83. The lowest BCUT2D eigenvalue weighted by Crippen LogP contribution is -2.46. The number of carbonyl (C=O) groups excluding carboxylic acids is 1. The standard InChI is InChI=1S/C22H28N2O3/c1-17(23)19-8-5-13-24(14-19)22(25)16-27-21-11-9-20(10-12-21)26-15-18-6-3-2-4-7-18/h2-4,6-7,9-12,17,19H,5,8,13-16,23H2,1H3. The summed E-state index contributed by atoms with van der Waals surface area (Å²) in [6.07, 6.45) is 2.10. The van der Waals surface area contributed by atoms with Crippen molar-refractivity contribution in [1.29, 1.82) is 0 Å². The summed E-state index contributed by atoms with van der Waals surface area (Å²) >= 11 is 0. The van der Waals surface area contributed by atoms with Gasteiger partial charge in [0.05, 0.1) is 0 Å². The molecule has 2 aromatic carbocycles. The topological polar surface area (TPSA) is 64.8 Å². The van der Waals surface area contributed by atoms with Gasteiger partial charge in [-0.05, 0) is 55.5 Å². The van der Waals surface area contributed by atoms with Crippen LogP contribution < -0.4 is 15.2 Å². The van der Waals surface area contributed by atoms with Gasteiger partial charge in [0.2, 0.25) is 0 Å². The van der Waals surface area contributed by atoms with Gasteiger partial charge in [0, 0.05) is 19.1 Å². The van der Waals surface area contributed by atoms with E-state index in [1.165, 1.54) is 0 Å². The minimum atomic E-state index is 0.0183. The third kappa shape index (κ3) is 5.73. The zero-order chi connectivity index (χ0) is 19.1. The molecule has 0 aromatic heterocycles. The molecule has 3 rings (SSSR count). The molecule has 2 aromatic rings. The first kappa shape index (κ1) is 19.2. The Bertz CT molecular complexity index is 716. The number of piperidine rings is 1. The first-order chi connectivity index (χ1) is 13.1. The Balaban J connectivity index is 1.45. The highest BCUT2D eigenvalue weighted by molar-refractivity contribution is 5.77. The number of hydrogen-bond donors (Lipinski definition) is 1. The fourth-order valence-electron chi connectivity index (χ4n) is 3.28. The maximum absolute atomic E-state index is 12.4. The van der Waals surface area contributed by atoms with Gasteiger partial charge in [0.25, 0.3) is 5.91 Å². The van der Waals surface area contributed by atoms with Crippen molar-refractivity contribution in [1.82, 2.24) is 4.90 Å². The normalized spacial score (nSPS) is 18.0. The van der Waals surface area contributed by atoms with Crippen LogP contribution in [0.5, 0.6) is 11.5 Å². The van der Waals surface area contributed by atoms with E-state index >= 15 is 0 Å². The summed E-state index contributed by atoms with van der Waals surface area (Å²) in [5.41, 5.74) is 7.11. The summed E-state index contributed by atoms with van der Waals surface area (Å²) in [5, 5.41) is 0. The zero-order valence-electron chi connectivity index (χ0n) is 15.8. The van der Waals surface area contributed by atoms with Crippen molar-refractivity contribution >= 4 is 5.91 Å². The van der Waals surface area contributed by atoms with Crippen LogP contribution in [0.1, 0.15) is 25.3 Å². The fraction of sp³-hybridized carbons (Fsp3) is 0.409. The molecular formula is C22H28N2O3. The number of likely N-dealkylation sites (tertiary alicyclic amines) is 1. The third-order valence-corrected chi connectivity index (χ3v) is 4.99. The van der Waals surface area contributed by atoms with Gasteiger partial charge in [0.1, 0.15) is 18.1 Å². The maximum atomic E-state index is 12.4. The Morgan fingerprint density at radius 3 is 2.44 bits per heavy atom. The highest BCUT2D eigenvalue weighted by Crippen LogP contribution is 2.21. The predicted molar refractivity (Wildman–Crippen MR) is 106 cm³/mol. The molecule has 2 unspecified atom stereocenters. The Morgan fingerprint density at radius 2 is 1.78 bits per heavy atom. The number of nitrogens with zero attached hydrogens (tertiary/aromatic N) is 1. The lowest BCUT2D eigenvalue weighted by molar-refractivity contribution is -0.135. The number of hydrogen-bond acceptors (Lipinski definition) is 4. The van der Waals surface area contributed by atoms with Gasteiger partial charge in [0.15, 0.2) is 6.61 Å². The summed E-state index contributed by atoms with van der Waals surface area (Å²) in [6.45, 7) is 4.10. The van der Waals surface area contributed by atoms with E-state index in [2.05, 4.69) is 0 Å². The first-order valence-corrected chi connectivity index (χ1v) is 9.55. The lowest BCUT2D eigenvalue weighted by Gasteiger charge is -2.34. The molecule has 1 aliphatic heterocycles. The zero-order valence-corrected chi connectivity index (χ0v) is 15.8. The van der Waals surface area contributed by atoms with Crippen LogP contribution in [0, 0.1) is 5.92 Å². The molecule has 1 amide bonds. The van der Waals surface area contributed by atoms with Gasteiger partial charge in [-0.2, -0.15) is 0 Å². The predicted octanol–water partition coefficient (Wildman–Crippen LogP) is 3.23. The van der Waals surface area contributed by atoms with Crippen LogP contribution in [-0.4, -0.2) is 36.5 Å². The van der Waals surface area contributed by atoms with Crippen LogP contribution in [0.2, 0.25) is 0 Å². The average Bonchev–Trinajstić information content (AvgIpc) is 2.72. The second kappa shape index (κ2) is 9.42. The van der Waals surface area contributed by atoms with E-state index < -0.39 is 0 Å². The van der Waals surface area contributed by atoms with E-state index in [1.807, 2.05) is 66.4 Å². The quantitative estimate of drug-likeness (QED) is 0.815. The molecule has 5 heteroatoms. The van der Waals surface area contributed by atoms with Crippen molar-refractivity contribution < 1.29 is 14.3 Å². The Labute approximate surface area is 161 Å². The van der Waals surface area contributed by atoms with Gasteiger partial charge in [-0.15, -0.1) is 0 Å². The Morgan fingerprint density at radius 1 is 1.11 bits per heavy atom. The Kier molecular flexibility index (Phi) is 6.71. The number of amides is 1. The highest BCUT2D eigenvalue weighted by Gasteiger charge is 2.25. The second-order valence-corrected chi connectivity index (χ2v) is 7.14. The molecule has 0 bridgehead atoms. The summed E-state index contributed by atoms with van der Waals surface area (Å²) in [7, 11) is 0. The van der Waals surface area contributed by atoms with E-state index in [0.29, 0.717) is 18.3 Å². The number of rotatable bonds is 7. The fourth-order valence-corrected chi connectivity index (χ4v) is 3.28. The summed E-state index contributed by atoms with van der Waals surface area (Å²) < 4.78 is 11.4. The second-order valence-electron chi connectivity index (χ2n) is 7.14. The van der Waals surface area contributed by atoms with Crippen LogP contribution >= 0.6 is 0 Å². The van der Waals surface area contributed by atoms with E-state index in [-0.39, 0.29) is 18.6 Å². The minimum Gasteiger partial charge on any atom is -0.489 e. The highest BCUT2D eigenvalue weighted by atomic mass is 16.5. The largest absolute Gasteiger partial charge is 0.489 e. The lowest BCUT2D eigenvalue weighted by atomic mass is 9.92. The van der Waals surface area contributed by atoms with Gasteiger partial charge in [-0.3, -0.25) is 4.79 Å². The van der Waals surface area contributed by atoms with Gasteiger partial charge in [-0.1, -0.05) is 30.3 Å². The average molecular weight is 368 g/mol. The molecule has 5 nitrogen and oxygen atoms in total. The molecule has 1 heterocycles. The molecule has 2 atom stereocenters. The van der Waals surface area contributed by atoms with Crippen molar-refractivity contribution in [3.8, 4) is 11.5 Å². The molecule has 0 aliphatic carbocycles. The molecule has 0 spiro atoms. The van der Waals surface area contributed by atoms with Crippen molar-refractivity contribution in [2.75, 3.05) is 19.7 Å². The third-order valence-electron chi connectivity index (χ3n) is 4.99. The molecule has 2 N–H and O–H groups in total. The molecule has 27 heavy (non-hydrogen) atoms. The van der Waals surface area contributed by atoms with Crippen LogP contribution in [0.15, 0.2) is 54.6 Å². The molecule has 0 saturated carbocycles. The van der Waals surface area contributed by atoms with Crippen molar-refractivity contribution in [3.63, 3.8) is 0 Å². The van der Waals surface area contributed by atoms with Crippen LogP contribution in [0.4, 0.5) is 0 Å². The van der Waals surface area contributed by atoms with Crippen molar-refractivity contribution in [2.24, 2.45) is 11.7 Å². The summed E-state index contributed by atoms with van der Waals surface area (Å²) in [4.78, 5) is 14.3.